The minimum absolute atomic E-state index is 0.0660. The molecule has 2 aromatic rings. The van der Waals surface area contributed by atoms with Gasteiger partial charge < -0.3 is 4.90 Å². The molecular weight excluding hydrogens is 398 g/mol. The molecule has 0 unspecified atom stereocenters. The molecule has 6 nitrogen and oxygen atoms in total. The molecule has 0 radical (unpaired) electrons. The lowest BCUT2D eigenvalue weighted by Crippen LogP contribution is -2.27. The number of hydrogen-bond acceptors (Lipinski definition) is 4. The molecule has 1 N–H and O–H groups in total. The van der Waals surface area contributed by atoms with Crippen molar-refractivity contribution in [3.8, 4) is 0 Å². The van der Waals surface area contributed by atoms with Crippen molar-refractivity contribution in [1.82, 2.24) is 9.62 Å². The predicted molar refractivity (Wildman–Crippen MR) is 118 cm³/mol. The quantitative estimate of drug-likeness (QED) is 0.737. The number of amides is 1. The van der Waals surface area contributed by atoms with Gasteiger partial charge in [0.25, 0.3) is 0 Å². The Balaban J connectivity index is 1.43. The Hall–Kier alpha value is -2.22. The standard InChI is InChI=1S/C23H29N3O3S/c1-2-23(27)26-13-10-20-15-21(8-9-22(20)26)30(28,29)24-16-18-6-5-7-19(14-18)17-25-11-3-4-12-25/h5-9,14-15,24H,2-4,10-13,16-17H2,1H3. The van der Waals surface area contributed by atoms with Gasteiger partial charge in [-0.1, -0.05) is 31.2 Å². The van der Waals surface area contributed by atoms with E-state index in [4.69, 9.17) is 0 Å². The van der Waals surface area contributed by atoms with E-state index in [2.05, 4.69) is 21.8 Å². The average molecular weight is 428 g/mol. The van der Waals surface area contributed by atoms with Gasteiger partial charge in [0.2, 0.25) is 15.9 Å². The van der Waals surface area contributed by atoms with Crippen LogP contribution in [0.3, 0.4) is 0 Å². The first-order valence-corrected chi connectivity index (χ1v) is 12.2. The number of benzene rings is 2. The van der Waals surface area contributed by atoms with Crippen LogP contribution in [0.5, 0.6) is 0 Å². The van der Waals surface area contributed by atoms with Crippen molar-refractivity contribution in [2.45, 2.75) is 50.6 Å². The van der Waals surface area contributed by atoms with Crippen molar-refractivity contribution in [3.63, 3.8) is 0 Å². The molecule has 0 bridgehead atoms. The van der Waals surface area contributed by atoms with Gasteiger partial charge in [-0.3, -0.25) is 9.69 Å². The number of hydrogen-bond donors (Lipinski definition) is 1. The van der Waals surface area contributed by atoms with Crippen LogP contribution in [-0.4, -0.2) is 38.9 Å². The van der Waals surface area contributed by atoms with Gasteiger partial charge >= 0.3 is 0 Å². The lowest BCUT2D eigenvalue weighted by Gasteiger charge is -2.17. The summed E-state index contributed by atoms with van der Waals surface area (Å²) >= 11 is 0. The van der Waals surface area contributed by atoms with Crippen LogP contribution in [0.1, 0.15) is 42.9 Å². The molecule has 0 saturated carbocycles. The fourth-order valence-corrected chi connectivity index (χ4v) is 5.36. The Labute approximate surface area is 178 Å². The van der Waals surface area contributed by atoms with Crippen LogP contribution in [0.15, 0.2) is 47.4 Å². The van der Waals surface area contributed by atoms with Gasteiger partial charge in [0.1, 0.15) is 0 Å². The van der Waals surface area contributed by atoms with E-state index in [1.165, 1.54) is 18.4 Å². The molecule has 0 spiro atoms. The maximum atomic E-state index is 12.8. The summed E-state index contributed by atoms with van der Waals surface area (Å²) in [5.74, 6) is 0.0660. The van der Waals surface area contributed by atoms with E-state index in [1.807, 2.05) is 19.1 Å². The van der Waals surface area contributed by atoms with Crippen LogP contribution >= 0.6 is 0 Å². The molecule has 1 saturated heterocycles. The third-order valence-electron chi connectivity index (χ3n) is 5.92. The zero-order valence-electron chi connectivity index (χ0n) is 17.4. The molecule has 2 heterocycles. The van der Waals surface area contributed by atoms with Gasteiger partial charge in [0.05, 0.1) is 4.90 Å². The van der Waals surface area contributed by atoms with Crippen LogP contribution in [0, 0.1) is 0 Å². The van der Waals surface area contributed by atoms with E-state index in [0.29, 0.717) is 19.4 Å². The van der Waals surface area contributed by atoms with E-state index in [1.54, 1.807) is 23.1 Å². The fourth-order valence-electron chi connectivity index (χ4n) is 4.29. The Morgan fingerprint density at radius 3 is 2.57 bits per heavy atom. The molecule has 1 amide bonds. The summed E-state index contributed by atoms with van der Waals surface area (Å²) in [6.45, 7) is 5.89. The van der Waals surface area contributed by atoms with Crippen molar-refractivity contribution in [2.75, 3.05) is 24.5 Å². The average Bonchev–Trinajstić information content (AvgIpc) is 3.41. The minimum Gasteiger partial charge on any atom is -0.312 e. The van der Waals surface area contributed by atoms with Crippen molar-refractivity contribution in [3.05, 3.63) is 59.2 Å². The van der Waals surface area contributed by atoms with E-state index in [0.717, 1.165) is 36.4 Å². The van der Waals surface area contributed by atoms with Crippen molar-refractivity contribution in [1.29, 1.82) is 0 Å². The molecule has 0 aromatic heterocycles. The summed E-state index contributed by atoms with van der Waals surface area (Å²) in [5.41, 5.74) is 3.91. The zero-order valence-corrected chi connectivity index (χ0v) is 18.2. The molecule has 2 aromatic carbocycles. The lowest BCUT2D eigenvalue weighted by atomic mass is 10.1. The summed E-state index contributed by atoms with van der Waals surface area (Å²) in [6, 6.07) is 13.2. The highest BCUT2D eigenvalue weighted by molar-refractivity contribution is 7.89. The molecule has 7 heteroatoms. The SMILES string of the molecule is CCC(=O)N1CCc2cc(S(=O)(=O)NCc3cccc(CN4CCCC4)c3)ccc21. The topological polar surface area (TPSA) is 69.7 Å². The molecule has 4 rings (SSSR count). The molecule has 30 heavy (non-hydrogen) atoms. The fraction of sp³-hybridized carbons (Fsp3) is 0.435. The van der Waals surface area contributed by atoms with Gasteiger partial charge in [0.15, 0.2) is 0 Å². The minimum atomic E-state index is -3.62. The Morgan fingerprint density at radius 1 is 1.03 bits per heavy atom. The third-order valence-corrected chi connectivity index (χ3v) is 7.32. The summed E-state index contributed by atoms with van der Waals surface area (Å²) in [4.78, 5) is 16.5. The number of nitrogens with zero attached hydrogens (tertiary/aromatic N) is 2. The van der Waals surface area contributed by atoms with Crippen molar-refractivity contribution >= 4 is 21.6 Å². The first kappa shape index (κ1) is 21.0. The molecule has 2 aliphatic rings. The second-order valence-electron chi connectivity index (χ2n) is 8.07. The highest BCUT2D eigenvalue weighted by Gasteiger charge is 2.25. The lowest BCUT2D eigenvalue weighted by molar-refractivity contribution is -0.118. The highest BCUT2D eigenvalue weighted by atomic mass is 32.2. The number of nitrogens with one attached hydrogen (secondary N) is 1. The molecule has 2 aliphatic heterocycles. The van der Waals surface area contributed by atoms with E-state index < -0.39 is 10.0 Å². The number of carbonyl (C=O) groups excluding carboxylic acids is 1. The van der Waals surface area contributed by atoms with Crippen LogP contribution < -0.4 is 9.62 Å². The summed E-state index contributed by atoms with van der Waals surface area (Å²) in [6.07, 6.45) is 3.64. The number of rotatable bonds is 7. The van der Waals surface area contributed by atoms with Gasteiger partial charge in [-0.05, 0) is 67.2 Å². The maximum Gasteiger partial charge on any atom is 0.240 e. The molecule has 0 aliphatic carbocycles. The third kappa shape index (κ3) is 4.58. The molecule has 1 fully saturated rings. The predicted octanol–water partition coefficient (Wildman–Crippen LogP) is 3.06. The smallest absolute Gasteiger partial charge is 0.240 e. The number of fused-ring (bicyclic) bond motifs is 1. The largest absolute Gasteiger partial charge is 0.312 e. The van der Waals surface area contributed by atoms with Gasteiger partial charge in [-0.25, -0.2) is 13.1 Å². The van der Waals surface area contributed by atoms with E-state index >= 15 is 0 Å². The van der Waals surface area contributed by atoms with Crippen LogP contribution in [-0.2, 0) is 34.3 Å². The van der Waals surface area contributed by atoms with Gasteiger partial charge in [0, 0.05) is 31.7 Å². The Morgan fingerprint density at radius 2 is 1.80 bits per heavy atom. The summed E-state index contributed by atoms with van der Waals surface area (Å²) in [5, 5.41) is 0. The second kappa shape index (κ2) is 8.88. The molecular formula is C23H29N3O3S. The Kier molecular flexibility index (Phi) is 6.22. The number of anilines is 1. The van der Waals surface area contributed by atoms with Gasteiger partial charge in [-0.15, -0.1) is 0 Å². The van der Waals surface area contributed by atoms with Crippen LogP contribution in [0.2, 0.25) is 0 Å². The number of sulfonamides is 1. The van der Waals surface area contributed by atoms with Crippen LogP contribution in [0.4, 0.5) is 5.69 Å². The second-order valence-corrected chi connectivity index (χ2v) is 9.83. The molecule has 0 atom stereocenters. The monoisotopic (exact) mass is 427 g/mol. The number of likely N-dealkylation sites (tertiary alicyclic amines) is 1. The first-order valence-electron chi connectivity index (χ1n) is 10.7. The first-order chi connectivity index (χ1) is 14.5. The normalized spacial score (nSPS) is 16.8. The maximum absolute atomic E-state index is 12.8. The van der Waals surface area contributed by atoms with Crippen molar-refractivity contribution in [2.24, 2.45) is 0 Å². The van der Waals surface area contributed by atoms with Crippen molar-refractivity contribution < 1.29 is 13.2 Å². The van der Waals surface area contributed by atoms with E-state index in [9.17, 15) is 13.2 Å². The Bertz CT molecular complexity index is 1030. The number of carbonyl (C=O) groups is 1. The van der Waals surface area contributed by atoms with E-state index in [-0.39, 0.29) is 17.3 Å². The summed E-state index contributed by atoms with van der Waals surface area (Å²) < 4.78 is 28.4. The zero-order chi connectivity index (χ0) is 21.1. The highest BCUT2D eigenvalue weighted by Crippen LogP contribution is 2.30. The van der Waals surface area contributed by atoms with Gasteiger partial charge in [-0.2, -0.15) is 0 Å². The summed E-state index contributed by atoms with van der Waals surface area (Å²) in [7, 11) is -3.62. The van der Waals surface area contributed by atoms with Crippen LogP contribution in [0.25, 0.3) is 0 Å². The molecule has 160 valence electrons.